The molecule has 212 valence electrons. The number of halogens is 3. The molecule has 0 radical (unpaired) electrons. The first-order chi connectivity index (χ1) is 19.5. The van der Waals surface area contributed by atoms with Gasteiger partial charge in [0.25, 0.3) is 0 Å². The molecule has 1 amide bonds. The average Bonchev–Trinajstić information content (AvgIpc) is 3.53. The number of alkyl halides is 3. The summed E-state index contributed by atoms with van der Waals surface area (Å²) in [5.74, 6) is 1.44. The molecule has 2 aromatic heterocycles. The van der Waals surface area contributed by atoms with Gasteiger partial charge in [-0.3, -0.25) is 9.20 Å². The quantitative estimate of drug-likeness (QED) is 0.343. The summed E-state index contributed by atoms with van der Waals surface area (Å²) in [5, 5.41) is 11.3. The predicted octanol–water partition coefficient (Wildman–Crippen LogP) is 5.51. The van der Waals surface area contributed by atoms with Gasteiger partial charge in [0.15, 0.2) is 0 Å². The normalized spacial score (nSPS) is 23.1. The number of anilines is 1. The molecule has 3 atom stereocenters. The Bertz CT molecular complexity index is 1670. The Labute approximate surface area is 234 Å². The van der Waals surface area contributed by atoms with Crippen LogP contribution in [0.4, 0.5) is 19.0 Å². The Hall–Kier alpha value is -3.92. The number of nitrogens with zero attached hydrogens (tertiary/aromatic N) is 4. The number of carbonyl (C=O) groups excluding carboxylic acids is 1. The Morgan fingerprint density at radius 2 is 1.78 bits per heavy atom. The monoisotopic (exact) mass is 561 g/mol. The van der Waals surface area contributed by atoms with Gasteiger partial charge >= 0.3 is 6.18 Å². The minimum atomic E-state index is -4.51. The third-order valence-electron chi connectivity index (χ3n) is 9.45. The fraction of sp³-hybridized carbons (Fsp3) is 0.387. The molecule has 1 saturated carbocycles. The Balaban J connectivity index is 1.22. The first-order valence-corrected chi connectivity index (χ1v) is 13.9. The van der Waals surface area contributed by atoms with E-state index in [0.29, 0.717) is 41.6 Å². The van der Waals surface area contributed by atoms with Gasteiger partial charge in [0.05, 0.1) is 5.56 Å². The highest BCUT2D eigenvalue weighted by molar-refractivity contribution is 5.85. The van der Waals surface area contributed by atoms with Gasteiger partial charge in [-0.2, -0.15) is 13.2 Å². The third-order valence-corrected chi connectivity index (χ3v) is 9.45. The van der Waals surface area contributed by atoms with Gasteiger partial charge in [-0.05, 0) is 61.3 Å². The molecule has 4 aromatic rings. The first-order valence-electron chi connectivity index (χ1n) is 13.9. The fourth-order valence-corrected chi connectivity index (χ4v) is 6.98. The molecule has 41 heavy (non-hydrogen) atoms. The molecule has 1 aliphatic carbocycles. The van der Waals surface area contributed by atoms with Gasteiger partial charge < -0.3 is 15.7 Å². The molecule has 7 nitrogen and oxygen atoms in total. The summed E-state index contributed by atoms with van der Waals surface area (Å²) in [7, 11) is 0. The number of aromatic nitrogens is 3. The Kier molecular flexibility index (Phi) is 5.57. The van der Waals surface area contributed by atoms with E-state index in [2.05, 4.69) is 9.88 Å². The summed E-state index contributed by atoms with van der Waals surface area (Å²) in [6, 6.07) is 12.0. The van der Waals surface area contributed by atoms with Gasteiger partial charge in [-0.1, -0.05) is 36.4 Å². The molecule has 1 spiro atoms. The van der Waals surface area contributed by atoms with E-state index in [9.17, 15) is 23.1 Å². The highest BCUT2D eigenvalue weighted by atomic mass is 19.4. The van der Waals surface area contributed by atoms with Crippen molar-refractivity contribution in [1.29, 1.82) is 0 Å². The van der Waals surface area contributed by atoms with Gasteiger partial charge in [-0.15, -0.1) is 0 Å². The van der Waals surface area contributed by atoms with Crippen LogP contribution in [0, 0.1) is 5.41 Å². The first kappa shape index (κ1) is 26.0. The number of rotatable bonds is 4. The zero-order valence-corrected chi connectivity index (χ0v) is 22.5. The van der Waals surface area contributed by atoms with E-state index in [1.807, 2.05) is 10.6 Å². The maximum absolute atomic E-state index is 13.3. The largest absolute Gasteiger partial charge is 0.416 e. The minimum Gasteiger partial charge on any atom is -0.382 e. The molecule has 1 unspecified atom stereocenters. The molecule has 3 N–H and O–H groups in total. The summed E-state index contributed by atoms with van der Waals surface area (Å²) < 4.78 is 41.8. The second kappa shape index (κ2) is 8.79. The zero-order valence-electron chi connectivity index (χ0n) is 22.5. The lowest BCUT2D eigenvalue weighted by Gasteiger charge is -2.37. The topological polar surface area (TPSA) is 96.8 Å². The molecule has 3 aliphatic rings. The highest BCUT2D eigenvalue weighted by Crippen LogP contribution is 2.60. The summed E-state index contributed by atoms with van der Waals surface area (Å²) >= 11 is 0. The third kappa shape index (κ3) is 4.10. The molecule has 3 fully saturated rings. The van der Waals surface area contributed by atoms with Crippen LogP contribution in [0.5, 0.6) is 0 Å². The van der Waals surface area contributed by atoms with Crippen molar-refractivity contribution in [2.45, 2.75) is 62.8 Å². The second-order valence-electron chi connectivity index (χ2n) is 12.0. The van der Waals surface area contributed by atoms with Crippen molar-refractivity contribution in [3.8, 4) is 11.3 Å². The molecular formula is C31H30F3N5O2. The van der Waals surface area contributed by atoms with E-state index in [4.69, 9.17) is 10.7 Å². The van der Waals surface area contributed by atoms with Gasteiger partial charge in [-0.25, -0.2) is 9.97 Å². The minimum absolute atomic E-state index is 0.0491. The Morgan fingerprint density at radius 3 is 2.49 bits per heavy atom. The summed E-state index contributed by atoms with van der Waals surface area (Å²) in [4.78, 5) is 24.3. The number of aliphatic hydroxyl groups is 1. The van der Waals surface area contributed by atoms with E-state index in [-0.39, 0.29) is 22.8 Å². The SMILES string of the molecule is CC(O)(c1ccc(-c2nc([C@@H]3CC[C@@H]4N(C3)C(=O)CC43CC3)n3ccnc(N)c23)cc1)c1cccc(C(F)(F)F)c1. The van der Waals surface area contributed by atoms with Crippen LogP contribution in [0.3, 0.4) is 0 Å². The van der Waals surface area contributed by atoms with Gasteiger partial charge in [0.2, 0.25) is 5.91 Å². The van der Waals surface area contributed by atoms with Crippen LogP contribution >= 0.6 is 0 Å². The number of nitrogen functional groups attached to an aromatic ring is 1. The number of nitrogens with two attached hydrogens (primary N) is 1. The predicted molar refractivity (Wildman–Crippen MR) is 147 cm³/mol. The van der Waals surface area contributed by atoms with Crippen LogP contribution in [-0.2, 0) is 16.6 Å². The lowest BCUT2D eigenvalue weighted by molar-refractivity contribution is -0.137. The molecule has 4 heterocycles. The van der Waals surface area contributed by atoms with Crippen LogP contribution in [0.15, 0.2) is 60.9 Å². The number of fused-ring (bicyclic) bond motifs is 3. The maximum Gasteiger partial charge on any atom is 0.416 e. The van der Waals surface area contributed by atoms with E-state index < -0.39 is 17.3 Å². The van der Waals surface area contributed by atoms with E-state index in [0.717, 1.165) is 49.2 Å². The summed E-state index contributed by atoms with van der Waals surface area (Å²) in [6.45, 7) is 2.11. The van der Waals surface area contributed by atoms with Crippen LogP contribution in [0.2, 0.25) is 0 Å². The van der Waals surface area contributed by atoms with Crippen molar-refractivity contribution in [3.63, 3.8) is 0 Å². The van der Waals surface area contributed by atoms with E-state index in [1.165, 1.54) is 19.1 Å². The number of amides is 1. The standard InChI is InChI=1S/C31H30F3N5O2/c1-29(41,21-3-2-4-22(15-21)31(32,33)34)20-8-5-18(6-9-20)25-26-27(35)36-13-14-38(26)28(37-25)19-7-10-23-30(11-12-30)16-24(40)39(23)17-19/h2-6,8-9,13-15,19,23,41H,7,10-12,16-17H2,1H3,(H2,35,36)/t19-,23+,29?/m1/s1. The molecule has 2 aromatic carbocycles. The van der Waals surface area contributed by atoms with Crippen molar-refractivity contribution >= 4 is 17.2 Å². The van der Waals surface area contributed by atoms with Crippen molar-refractivity contribution < 1.29 is 23.1 Å². The van der Waals surface area contributed by atoms with Crippen LogP contribution in [0.25, 0.3) is 16.8 Å². The molecule has 0 bridgehead atoms. The molecule has 10 heteroatoms. The lowest BCUT2D eigenvalue weighted by atomic mass is 9.86. The van der Waals surface area contributed by atoms with Crippen LogP contribution in [-0.4, -0.2) is 42.9 Å². The number of hydrogen-bond acceptors (Lipinski definition) is 5. The smallest absolute Gasteiger partial charge is 0.382 e. The van der Waals surface area contributed by atoms with Crippen molar-refractivity contribution in [3.05, 3.63) is 83.4 Å². The molecule has 7 rings (SSSR count). The van der Waals surface area contributed by atoms with E-state index in [1.54, 1.807) is 30.5 Å². The summed E-state index contributed by atoms with van der Waals surface area (Å²) in [5.41, 5.74) is 6.69. The number of hydrogen-bond donors (Lipinski definition) is 2. The van der Waals surface area contributed by atoms with Crippen LogP contribution < -0.4 is 5.73 Å². The van der Waals surface area contributed by atoms with Crippen molar-refractivity contribution in [2.75, 3.05) is 12.3 Å². The molecular weight excluding hydrogens is 531 g/mol. The molecule has 2 saturated heterocycles. The number of carbonyl (C=O) groups is 1. The number of piperidine rings is 1. The number of benzene rings is 2. The fourth-order valence-electron chi connectivity index (χ4n) is 6.98. The average molecular weight is 562 g/mol. The molecule has 2 aliphatic heterocycles. The van der Waals surface area contributed by atoms with Crippen LogP contribution in [0.1, 0.15) is 67.5 Å². The van der Waals surface area contributed by atoms with Gasteiger partial charge in [0.1, 0.15) is 28.5 Å². The maximum atomic E-state index is 13.3. The highest BCUT2D eigenvalue weighted by Gasteiger charge is 2.60. The second-order valence-corrected chi connectivity index (χ2v) is 12.0. The number of imidazole rings is 1. The van der Waals surface area contributed by atoms with E-state index >= 15 is 0 Å². The Morgan fingerprint density at radius 1 is 1.05 bits per heavy atom. The van der Waals surface area contributed by atoms with Crippen molar-refractivity contribution in [1.82, 2.24) is 19.3 Å². The lowest BCUT2D eigenvalue weighted by Crippen LogP contribution is -2.43. The summed E-state index contributed by atoms with van der Waals surface area (Å²) in [6.07, 6.45) is 3.79. The zero-order chi connectivity index (χ0) is 28.7. The van der Waals surface area contributed by atoms with Gasteiger partial charge in [0, 0.05) is 42.9 Å². The van der Waals surface area contributed by atoms with Crippen molar-refractivity contribution in [2.24, 2.45) is 5.41 Å².